The van der Waals surface area contributed by atoms with E-state index in [0.717, 1.165) is 11.3 Å². The zero-order valence-electron chi connectivity index (χ0n) is 7.96. The van der Waals surface area contributed by atoms with Crippen LogP contribution >= 0.6 is 0 Å². The lowest BCUT2D eigenvalue weighted by Gasteiger charge is -2.06. The Morgan fingerprint density at radius 2 is 2.40 bits per heavy atom. The third-order valence-corrected chi connectivity index (χ3v) is 2.30. The highest BCUT2D eigenvalue weighted by Crippen LogP contribution is 2.28. The van der Waals surface area contributed by atoms with Crippen molar-refractivity contribution < 1.29 is 9.53 Å². The number of rotatable bonds is 3. The summed E-state index contributed by atoms with van der Waals surface area (Å²) < 4.78 is 5.43. The monoisotopic (exact) mass is 203 g/mol. The summed E-state index contributed by atoms with van der Waals surface area (Å²) in [6, 6.07) is 7.52. The number of nitrogens with zero attached hydrogens (tertiary/aromatic N) is 3. The van der Waals surface area contributed by atoms with Crippen LogP contribution in [0.25, 0.3) is 10.4 Å². The molecular weight excluding hydrogens is 194 g/mol. The van der Waals surface area contributed by atoms with Gasteiger partial charge in [-0.2, -0.15) is 0 Å². The number of azide groups is 1. The number of carbonyl (C=O) groups is 1. The molecule has 5 heteroatoms. The number of ether oxygens (including phenoxy) is 1. The van der Waals surface area contributed by atoms with Gasteiger partial charge in [0.15, 0.2) is 11.9 Å². The van der Waals surface area contributed by atoms with E-state index < -0.39 is 6.10 Å². The van der Waals surface area contributed by atoms with Crippen molar-refractivity contribution in [2.45, 2.75) is 12.5 Å². The first-order valence-corrected chi connectivity index (χ1v) is 4.59. The molecule has 5 nitrogen and oxygen atoms in total. The van der Waals surface area contributed by atoms with Crippen LogP contribution in [0.3, 0.4) is 0 Å². The zero-order chi connectivity index (χ0) is 10.7. The molecule has 0 saturated carbocycles. The molecule has 15 heavy (non-hydrogen) atoms. The number of para-hydroxylation sites is 1. The summed E-state index contributed by atoms with van der Waals surface area (Å²) in [4.78, 5) is 14.0. The number of carbonyl (C=O) groups excluding carboxylic acids is 1. The minimum atomic E-state index is -0.493. The second-order valence-electron chi connectivity index (χ2n) is 3.27. The van der Waals surface area contributed by atoms with E-state index in [1.807, 2.05) is 24.3 Å². The van der Waals surface area contributed by atoms with Crippen LogP contribution < -0.4 is 4.74 Å². The van der Waals surface area contributed by atoms with Crippen molar-refractivity contribution >= 4 is 5.78 Å². The molecule has 0 saturated heterocycles. The predicted molar refractivity (Wildman–Crippen MR) is 53.6 cm³/mol. The fraction of sp³-hybridized carbons (Fsp3) is 0.300. The number of benzene rings is 1. The molecule has 1 aromatic carbocycles. The Hall–Kier alpha value is -2.00. The van der Waals surface area contributed by atoms with Gasteiger partial charge in [-0.3, -0.25) is 4.79 Å². The van der Waals surface area contributed by atoms with Crippen LogP contribution in [0.1, 0.15) is 5.56 Å². The molecule has 0 aliphatic carbocycles. The first-order chi connectivity index (χ1) is 7.31. The van der Waals surface area contributed by atoms with Crippen molar-refractivity contribution in [2.24, 2.45) is 5.11 Å². The van der Waals surface area contributed by atoms with Gasteiger partial charge in [-0.1, -0.05) is 23.3 Å². The Bertz CT molecular complexity index is 413. The van der Waals surface area contributed by atoms with Gasteiger partial charge in [-0.15, -0.1) is 0 Å². The molecule has 1 aromatic rings. The van der Waals surface area contributed by atoms with Crippen LogP contribution in [-0.4, -0.2) is 18.4 Å². The van der Waals surface area contributed by atoms with Gasteiger partial charge >= 0.3 is 0 Å². The van der Waals surface area contributed by atoms with Crippen molar-refractivity contribution in [1.29, 1.82) is 0 Å². The smallest absolute Gasteiger partial charge is 0.179 e. The standard InChI is InChI=1S/C10H9N3O2/c11-13-12-6-8(14)10-5-7-3-1-2-4-9(7)15-10/h1-4,10H,5-6H2. The van der Waals surface area contributed by atoms with Crippen LogP contribution in [0.15, 0.2) is 29.4 Å². The number of hydrogen-bond acceptors (Lipinski definition) is 3. The van der Waals surface area contributed by atoms with Gasteiger partial charge in [0.1, 0.15) is 5.75 Å². The minimum absolute atomic E-state index is 0.144. The molecule has 0 bridgehead atoms. The van der Waals surface area contributed by atoms with Crippen LogP contribution in [0, 0.1) is 0 Å². The van der Waals surface area contributed by atoms with E-state index in [1.165, 1.54) is 0 Å². The van der Waals surface area contributed by atoms with Crippen molar-refractivity contribution in [3.05, 3.63) is 40.3 Å². The quantitative estimate of drug-likeness (QED) is 0.427. The molecule has 1 heterocycles. The highest BCUT2D eigenvalue weighted by molar-refractivity contribution is 5.86. The lowest BCUT2D eigenvalue weighted by atomic mass is 10.1. The van der Waals surface area contributed by atoms with Gasteiger partial charge in [0.05, 0.1) is 6.54 Å². The van der Waals surface area contributed by atoms with Crippen LogP contribution in [0.2, 0.25) is 0 Å². The Morgan fingerprint density at radius 3 is 3.13 bits per heavy atom. The molecule has 0 radical (unpaired) electrons. The second-order valence-corrected chi connectivity index (χ2v) is 3.27. The average molecular weight is 203 g/mol. The Balaban J connectivity index is 2.07. The molecular formula is C10H9N3O2. The summed E-state index contributed by atoms with van der Waals surface area (Å²) in [7, 11) is 0. The fourth-order valence-electron chi connectivity index (χ4n) is 1.56. The molecule has 0 fully saturated rings. The van der Waals surface area contributed by atoms with E-state index >= 15 is 0 Å². The summed E-state index contributed by atoms with van der Waals surface area (Å²) >= 11 is 0. The third-order valence-electron chi connectivity index (χ3n) is 2.30. The number of ketones is 1. The lowest BCUT2D eigenvalue weighted by molar-refractivity contribution is -0.123. The topological polar surface area (TPSA) is 75.1 Å². The van der Waals surface area contributed by atoms with Crippen molar-refractivity contribution in [2.75, 3.05) is 6.54 Å². The summed E-state index contributed by atoms with van der Waals surface area (Å²) in [6.07, 6.45) is 0.0727. The van der Waals surface area contributed by atoms with Crippen molar-refractivity contribution in [3.8, 4) is 5.75 Å². The van der Waals surface area contributed by atoms with E-state index in [9.17, 15) is 4.79 Å². The summed E-state index contributed by atoms with van der Waals surface area (Å²) in [5.74, 6) is 0.570. The normalized spacial score (nSPS) is 17.5. The predicted octanol–water partition coefficient (Wildman–Crippen LogP) is 1.87. The van der Waals surface area contributed by atoms with Gasteiger partial charge in [0.25, 0.3) is 0 Å². The molecule has 0 amide bonds. The molecule has 1 unspecified atom stereocenters. The first kappa shape index (κ1) is 9.55. The Kier molecular flexibility index (Phi) is 2.56. The highest BCUT2D eigenvalue weighted by atomic mass is 16.5. The maximum absolute atomic E-state index is 11.5. The minimum Gasteiger partial charge on any atom is -0.482 e. The van der Waals surface area contributed by atoms with Gasteiger partial charge in [-0.25, -0.2) is 0 Å². The molecule has 0 spiro atoms. The molecule has 1 aliphatic rings. The lowest BCUT2D eigenvalue weighted by Crippen LogP contribution is -2.27. The maximum Gasteiger partial charge on any atom is 0.179 e. The first-order valence-electron chi connectivity index (χ1n) is 4.59. The largest absolute Gasteiger partial charge is 0.482 e. The van der Waals surface area contributed by atoms with E-state index in [0.29, 0.717) is 6.42 Å². The molecule has 0 N–H and O–H groups in total. The molecule has 76 valence electrons. The summed E-state index contributed by atoms with van der Waals surface area (Å²) in [5, 5.41) is 3.23. The SMILES string of the molecule is [N-]=[N+]=NCC(=O)C1Cc2ccccc2O1. The molecule has 1 atom stereocenters. The van der Waals surface area contributed by atoms with Gasteiger partial charge in [-0.05, 0) is 17.2 Å². The molecule has 0 aromatic heterocycles. The van der Waals surface area contributed by atoms with E-state index in [4.69, 9.17) is 10.3 Å². The van der Waals surface area contributed by atoms with E-state index in [2.05, 4.69) is 10.0 Å². The Morgan fingerprint density at radius 1 is 1.60 bits per heavy atom. The maximum atomic E-state index is 11.5. The van der Waals surface area contributed by atoms with Crippen molar-refractivity contribution in [3.63, 3.8) is 0 Å². The number of hydrogen-bond donors (Lipinski definition) is 0. The fourth-order valence-corrected chi connectivity index (χ4v) is 1.56. The second kappa shape index (κ2) is 4.02. The van der Waals surface area contributed by atoms with Crippen LogP contribution in [0.5, 0.6) is 5.75 Å². The molecule has 2 rings (SSSR count). The zero-order valence-corrected chi connectivity index (χ0v) is 7.96. The highest BCUT2D eigenvalue weighted by Gasteiger charge is 2.27. The van der Waals surface area contributed by atoms with E-state index in [-0.39, 0.29) is 12.3 Å². The average Bonchev–Trinajstić information content (AvgIpc) is 2.69. The van der Waals surface area contributed by atoms with Crippen LogP contribution in [0.4, 0.5) is 0 Å². The summed E-state index contributed by atoms with van der Waals surface area (Å²) in [5.41, 5.74) is 9.12. The summed E-state index contributed by atoms with van der Waals surface area (Å²) in [6.45, 7) is -0.144. The van der Waals surface area contributed by atoms with Crippen molar-refractivity contribution in [1.82, 2.24) is 0 Å². The molecule has 1 aliphatic heterocycles. The van der Waals surface area contributed by atoms with E-state index in [1.54, 1.807) is 0 Å². The Labute approximate surface area is 86.3 Å². The third kappa shape index (κ3) is 1.92. The van der Waals surface area contributed by atoms with Gasteiger partial charge < -0.3 is 4.74 Å². The van der Waals surface area contributed by atoms with Crippen LogP contribution in [-0.2, 0) is 11.2 Å². The van der Waals surface area contributed by atoms with Gasteiger partial charge in [0, 0.05) is 11.3 Å². The number of Topliss-reactive ketones (excluding diaryl/α,β-unsaturated/α-hetero) is 1. The number of fused-ring (bicyclic) bond motifs is 1. The van der Waals surface area contributed by atoms with Gasteiger partial charge in [0.2, 0.25) is 0 Å².